The molecule has 1 heterocycles. The number of amides is 1. The first-order valence-electron chi connectivity index (χ1n) is 7.54. The van der Waals surface area contributed by atoms with Crippen molar-refractivity contribution in [2.75, 3.05) is 10.6 Å². The zero-order valence-corrected chi connectivity index (χ0v) is 14.8. The zero-order valence-electron chi connectivity index (χ0n) is 13.2. The molecule has 1 saturated carbocycles. The number of benzene rings is 1. The number of para-hydroxylation sites is 1. The third-order valence-corrected chi connectivity index (χ3v) is 4.02. The molecule has 0 spiro atoms. The lowest BCUT2D eigenvalue weighted by Crippen LogP contribution is -2.48. The second-order valence-corrected chi connectivity index (χ2v) is 5.74. The molecule has 0 radical (unpaired) electrons. The van der Waals surface area contributed by atoms with E-state index in [1.54, 1.807) is 6.20 Å². The summed E-state index contributed by atoms with van der Waals surface area (Å²) in [5.41, 5.74) is 7.05. The lowest BCUT2D eigenvalue weighted by Gasteiger charge is -2.22. The van der Waals surface area contributed by atoms with Crippen LogP contribution in [0.25, 0.3) is 0 Å². The van der Waals surface area contributed by atoms with Crippen LogP contribution in [0.2, 0.25) is 0 Å². The van der Waals surface area contributed by atoms with Crippen LogP contribution in [0, 0.1) is 0 Å². The van der Waals surface area contributed by atoms with E-state index in [2.05, 4.69) is 15.6 Å². The lowest BCUT2D eigenvalue weighted by atomic mass is 9.98. The van der Waals surface area contributed by atoms with Crippen LogP contribution >= 0.6 is 24.8 Å². The van der Waals surface area contributed by atoms with Crippen molar-refractivity contribution in [3.8, 4) is 0 Å². The molecule has 2 aromatic rings. The zero-order chi connectivity index (χ0) is 15.4. The standard InChI is InChI=1S/C17H20N4O.2ClH/c18-17(10-4-5-11-17)16(22)21-14-8-9-15(19-12-14)20-13-6-2-1-3-7-13;;/h1-3,6-9,12H,4-5,10-11,18H2,(H,19,20)(H,21,22);2*1H. The first kappa shape index (κ1) is 20.2. The number of nitrogens with zero attached hydrogens (tertiary/aromatic N) is 1. The van der Waals surface area contributed by atoms with Crippen LogP contribution in [0.4, 0.5) is 17.2 Å². The Balaban J connectivity index is 0.00000144. The molecule has 0 unspecified atom stereocenters. The Morgan fingerprint density at radius 1 is 1.00 bits per heavy atom. The van der Waals surface area contributed by atoms with Gasteiger partial charge < -0.3 is 16.4 Å². The van der Waals surface area contributed by atoms with E-state index in [-0.39, 0.29) is 30.7 Å². The molecule has 1 aliphatic rings. The first-order chi connectivity index (χ1) is 10.7. The quantitative estimate of drug-likeness (QED) is 0.764. The highest BCUT2D eigenvalue weighted by Crippen LogP contribution is 2.28. The summed E-state index contributed by atoms with van der Waals surface area (Å²) < 4.78 is 0. The largest absolute Gasteiger partial charge is 0.340 e. The maximum atomic E-state index is 12.2. The summed E-state index contributed by atoms with van der Waals surface area (Å²) in [6.07, 6.45) is 5.17. The van der Waals surface area contributed by atoms with Gasteiger partial charge in [-0.05, 0) is 37.1 Å². The van der Waals surface area contributed by atoms with E-state index < -0.39 is 5.54 Å². The van der Waals surface area contributed by atoms with Gasteiger partial charge in [0.25, 0.3) is 0 Å². The number of nitrogens with two attached hydrogens (primary N) is 1. The molecule has 7 heteroatoms. The van der Waals surface area contributed by atoms with Crippen molar-refractivity contribution in [2.45, 2.75) is 31.2 Å². The third-order valence-electron chi connectivity index (χ3n) is 4.02. The van der Waals surface area contributed by atoms with Crippen molar-refractivity contribution in [2.24, 2.45) is 5.73 Å². The Kier molecular flexibility index (Phi) is 7.48. The Labute approximate surface area is 154 Å². The highest BCUT2D eigenvalue weighted by atomic mass is 35.5. The minimum atomic E-state index is -0.721. The monoisotopic (exact) mass is 368 g/mol. The summed E-state index contributed by atoms with van der Waals surface area (Å²) in [5, 5.41) is 6.06. The van der Waals surface area contributed by atoms with Gasteiger partial charge in [-0.3, -0.25) is 4.79 Å². The fraction of sp³-hybridized carbons (Fsp3) is 0.294. The molecule has 1 aliphatic carbocycles. The number of pyridine rings is 1. The number of nitrogens with one attached hydrogen (secondary N) is 2. The summed E-state index contributed by atoms with van der Waals surface area (Å²) in [5.74, 6) is 0.614. The minimum Gasteiger partial charge on any atom is -0.340 e. The molecule has 1 fully saturated rings. The molecule has 1 aromatic carbocycles. The molecule has 1 aromatic heterocycles. The van der Waals surface area contributed by atoms with Crippen LogP contribution < -0.4 is 16.4 Å². The van der Waals surface area contributed by atoms with Gasteiger partial charge in [-0.2, -0.15) is 0 Å². The molecule has 24 heavy (non-hydrogen) atoms. The van der Waals surface area contributed by atoms with Gasteiger partial charge in [0.2, 0.25) is 5.91 Å². The SMILES string of the molecule is Cl.Cl.NC1(C(=O)Nc2ccc(Nc3ccccc3)nc2)CCCC1. The van der Waals surface area contributed by atoms with Gasteiger partial charge in [0.05, 0.1) is 17.4 Å². The van der Waals surface area contributed by atoms with Gasteiger partial charge in [-0.15, -0.1) is 24.8 Å². The number of rotatable bonds is 4. The van der Waals surface area contributed by atoms with Gasteiger partial charge in [0.15, 0.2) is 0 Å². The third kappa shape index (κ3) is 4.84. The second-order valence-electron chi connectivity index (χ2n) is 5.74. The molecule has 3 rings (SSSR count). The molecule has 0 aliphatic heterocycles. The highest BCUT2D eigenvalue weighted by Gasteiger charge is 2.36. The topological polar surface area (TPSA) is 80.0 Å². The Hall–Kier alpha value is -1.82. The molecule has 5 nitrogen and oxygen atoms in total. The lowest BCUT2D eigenvalue weighted by molar-refractivity contribution is -0.121. The van der Waals surface area contributed by atoms with E-state index in [9.17, 15) is 4.79 Å². The normalized spacial score (nSPS) is 14.9. The van der Waals surface area contributed by atoms with Crippen LogP contribution in [0.15, 0.2) is 48.7 Å². The number of hydrogen-bond donors (Lipinski definition) is 3. The van der Waals surface area contributed by atoms with E-state index in [1.807, 2.05) is 42.5 Å². The van der Waals surface area contributed by atoms with E-state index in [0.29, 0.717) is 5.69 Å². The summed E-state index contributed by atoms with van der Waals surface area (Å²) >= 11 is 0. The Morgan fingerprint density at radius 3 is 2.25 bits per heavy atom. The molecule has 1 amide bonds. The molecular weight excluding hydrogens is 347 g/mol. The molecular formula is C17H22Cl2N4O. The van der Waals surface area contributed by atoms with Crippen molar-refractivity contribution in [3.63, 3.8) is 0 Å². The predicted molar refractivity (Wildman–Crippen MR) is 102 cm³/mol. The van der Waals surface area contributed by atoms with E-state index in [0.717, 1.165) is 37.2 Å². The van der Waals surface area contributed by atoms with Crippen molar-refractivity contribution >= 4 is 47.9 Å². The maximum absolute atomic E-state index is 12.2. The number of hydrogen-bond acceptors (Lipinski definition) is 4. The van der Waals surface area contributed by atoms with Crippen molar-refractivity contribution in [3.05, 3.63) is 48.7 Å². The minimum absolute atomic E-state index is 0. The number of halogens is 2. The average molecular weight is 369 g/mol. The van der Waals surface area contributed by atoms with E-state index >= 15 is 0 Å². The highest BCUT2D eigenvalue weighted by molar-refractivity contribution is 5.98. The number of carbonyl (C=O) groups excluding carboxylic acids is 1. The number of anilines is 3. The molecule has 0 atom stereocenters. The van der Waals surface area contributed by atoms with Crippen molar-refractivity contribution < 1.29 is 4.79 Å². The van der Waals surface area contributed by atoms with Gasteiger partial charge in [-0.1, -0.05) is 31.0 Å². The van der Waals surface area contributed by atoms with E-state index in [4.69, 9.17) is 5.73 Å². The van der Waals surface area contributed by atoms with Crippen LogP contribution in [-0.2, 0) is 4.79 Å². The summed E-state index contributed by atoms with van der Waals surface area (Å²) in [6, 6.07) is 13.5. The van der Waals surface area contributed by atoms with Crippen molar-refractivity contribution in [1.82, 2.24) is 4.98 Å². The molecule has 4 N–H and O–H groups in total. The molecule has 0 bridgehead atoms. The summed E-state index contributed by atoms with van der Waals surface area (Å²) in [6.45, 7) is 0. The predicted octanol–water partition coefficient (Wildman–Crippen LogP) is 3.88. The van der Waals surface area contributed by atoms with Gasteiger partial charge >= 0.3 is 0 Å². The van der Waals surface area contributed by atoms with Gasteiger partial charge in [-0.25, -0.2) is 4.98 Å². The van der Waals surface area contributed by atoms with Crippen molar-refractivity contribution in [1.29, 1.82) is 0 Å². The molecule has 0 saturated heterocycles. The number of aromatic nitrogens is 1. The average Bonchev–Trinajstić information content (AvgIpc) is 2.98. The fourth-order valence-electron chi connectivity index (χ4n) is 2.70. The molecule has 130 valence electrons. The van der Waals surface area contributed by atoms with Gasteiger partial charge in [0, 0.05) is 5.69 Å². The van der Waals surface area contributed by atoms with Crippen LogP contribution in [0.1, 0.15) is 25.7 Å². The Morgan fingerprint density at radius 2 is 1.67 bits per heavy atom. The Bertz CT molecular complexity index is 643. The number of carbonyl (C=O) groups is 1. The summed E-state index contributed by atoms with van der Waals surface area (Å²) in [7, 11) is 0. The first-order valence-corrected chi connectivity index (χ1v) is 7.54. The van der Waals surface area contributed by atoms with Gasteiger partial charge in [0.1, 0.15) is 5.82 Å². The fourth-order valence-corrected chi connectivity index (χ4v) is 2.70. The van der Waals surface area contributed by atoms with Crippen LogP contribution in [0.3, 0.4) is 0 Å². The van der Waals surface area contributed by atoms with E-state index in [1.165, 1.54) is 0 Å². The second kappa shape index (κ2) is 8.87. The van der Waals surface area contributed by atoms with Crippen LogP contribution in [0.5, 0.6) is 0 Å². The summed E-state index contributed by atoms with van der Waals surface area (Å²) in [4.78, 5) is 16.5. The van der Waals surface area contributed by atoms with Crippen LogP contribution in [-0.4, -0.2) is 16.4 Å². The maximum Gasteiger partial charge on any atom is 0.244 e. The smallest absolute Gasteiger partial charge is 0.244 e.